The van der Waals surface area contributed by atoms with Crippen LogP contribution in [0, 0.1) is 5.82 Å². The summed E-state index contributed by atoms with van der Waals surface area (Å²) in [6.45, 7) is 0.0821. The monoisotopic (exact) mass is 368 g/mol. The maximum atomic E-state index is 13.8. The minimum absolute atomic E-state index is 0.0502. The first-order chi connectivity index (χ1) is 11.4. The van der Waals surface area contributed by atoms with Crippen molar-refractivity contribution in [2.75, 3.05) is 5.32 Å². The first kappa shape index (κ1) is 16.4. The van der Waals surface area contributed by atoms with Crippen LogP contribution >= 0.6 is 23.2 Å². The highest BCUT2D eigenvalue weighted by Crippen LogP contribution is 2.20. The Hall–Kier alpha value is -2.45. The highest BCUT2D eigenvalue weighted by atomic mass is 35.5. The second-order valence-corrected chi connectivity index (χ2v) is 5.73. The van der Waals surface area contributed by atoms with Gasteiger partial charge in [0, 0.05) is 23.8 Å². The molecule has 3 aromatic rings. The molecule has 24 heavy (non-hydrogen) atoms. The summed E-state index contributed by atoms with van der Waals surface area (Å²) in [5.74, 6) is -0.930. The molecule has 0 aliphatic carbocycles. The molecule has 0 fully saturated rings. The number of amides is 1. The number of aryl methyl sites for hydroxylation is 1. The van der Waals surface area contributed by atoms with Crippen LogP contribution in [0.5, 0.6) is 0 Å². The van der Waals surface area contributed by atoms with E-state index in [1.807, 2.05) is 0 Å². The third-order valence-corrected chi connectivity index (χ3v) is 3.77. The van der Waals surface area contributed by atoms with E-state index in [4.69, 9.17) is 23.2 Å². The van der Waals surface area contributed by atoms with E-state index in [2.05, 4.69) is 20.5 Å². The molecule has 7 nitrogen and oxygen atoms in total. The zero-order valence-corrected chi connectivity index (χ0v) is 13.9. The third-order valence-electron chi connectivity index (χ3n) is 3.14. The second-order valence-electron chi connectivity index (χ2n) is 4.92. The fraction of sp³-hybridized carbons (Fsp3) is 0.143. The van der Waals surface area contributed by atoms with Crippen molar-refractivity contribution in [1.82, 2.24) is 24.5 Å². The van der Waals surface area contributed by atoms with Crippen LogP contribution in [0.15, 0.2) is 30.7 Å². The summed E-state index contributed by atoms with van der Waals surface area (Å²) in [4.78, 5) is 16.0. The fourth-order valence-electron chi connectivity index (χ4n) is 2.05. The highest BCUT2D eigenvalue weighted by molar-refractivity contribution is 6.34. The van der Waals surface area contributed by atoms with Crippen molar-refractivity contribution in [3.8, 4) is 0 Å². The number of hydrogen-bond acceptors (Lipinski definition) is 4. The number of benzene rings is 1. The summed E-state index contributed by atoms with van der Waals surface area (Å²) in [5.41, 5.74) is 0.349. The van der Waals surface area contributed by atoms with Crippen LogP contribution in [0.2, 0.25) is 10.0 Å². The van der Waals surface area contributed by atoms with E-state index < -0.39 is 11.7 Å². The van der Waals surface area contributed by atoms with E-state index in [1.54, 1.807) is 13.1 Å². The smallest absolute Gasteiger partial charge is 0.280 e. The first-order valence-corrected chi connectivity index (χ1v) is 7.52. The molecule has 1 aromatic carbocycles. The summed E-state index contributed by atoms with van der Waals surface area (Å²) in [5, 5.41) is 11.0. The van der Waals surface area contributed by atoms with E-state index in [-0.39, 0.29) is 33.8 Å². The fourth-order valence-corrected chi connectivity index (χ4v) is 2.54. The molecule has 0 bridgehead atoms. The lowest BCUT2D eigenvalue weighted by Gasteiger charge is -2.05. The number of anilines is 1. The van der Waals surface area contributed by atoms with Gasteiger partial charge in [-0.25, -0.2) is 14.1 Å². The molecule has 124 valence electrons. The topological polar surface area (TPSA) is 77.6 Å². The Morgan fingerprint density at radius 3 is 2.75 bits per heavy atom. The summed E-state index contributed by atoms with van der Waals surface area (Å²) in [6.07, 6.45) is 2.86. The number of aromatic nitrogens is 5. The van der Waals surface area contributed by atoms with Crippen LogP contribution in [0.4, 0.5) is 10.3 Å². The van der Waals surface area contributed by atoms with Gasteiger partial charge >= 0.3 is 0 Å². The maximum absolute atomic E-state index is 13.8. The maximum Gasteiger partial charge on any atom is 0.280 e. The Labute approximate surface area is 146 Å². The van der Waals surface area contributed by atoms with Gasteiger partial charge in [0.05, 0.1) is 11.6 Å². The van der Waals surface area contributed by atoms with Crippen molar-refractivity contribution in [3.63, 3.8) is 0 Å². The molecule has 1 N–H and O–H groups in total. The van der Waals surface area contributed by atoms with E-state index in [0.29, 0.717) is 0 Å². The standard InChI is InChI=1S/C14H11Cl2FN6O/c1-22-6-10(16)12(20-22)13(24)19-14-18-7-23(21-14)5-8-9(15)3-2-4-11(8)17/h2-4,6-7H,5H2,1H3,(H,19,21,24). The number of nitrogens with zero attached hydrogens (tertiary/aromatic N) is 5. The van der Waals surface area contributed by atoms with Gasteiger partial charge < -0.3 is 0 Å². The van der Waals surface area contributed by atoms with Crippen LogP contribution in [0.3, 0.4) is 0 Å². The van der Waals surface area contributed by atoms with Gasteiger partial charge in [-0.15, -0.1) is 5.10 Å². The van der Waals surface area contributed by atoms with Crippen LogP contribution in [-0.2, 0) is 13.6 Å². The van der Waals surface area contributed by atoms with Gasteiger partial charge in [-0.2, -0.15) is 5.10 Å². The van der Waals surface area contributed by atoms with Crippen molar-refractivity contribution in [2.45, 2.75) is 6.54 Å². The quantitative estimate of drug-likeness (QED) is 0.767. The number of carbonyl (C=O) groups is 1. The van der Waals surface area contributed by atoms with Gasteiger partial charge in [0.15, 0.2) is 5.69 Å². The van der Waals surface area contributed by atoms with Crippen LogP contribution in [0.25, 0.3) is 0 Å². The SMILES string of the molecule is Cn1cc(Cl)c(C(=O)Nc2ncn(Cc3c(F)cccc3Cl)n2)n1. The largest absolute Gasteiger partial charge is 0.288 e. The van der Waals surface area contributed by atoms with Crippen LogP contribution in [0.1, 0.15) is 16.1 Å². The molecular weight excluding hydrogens is 358 g/mol. The Morgan fingerprint density at radius 2 is 2.08 bits per heavy atom. The molecule has 0 aliphatic rings. The molecule has 0 saturated carbocycles. The van der Waals surface area contributed by atoms with Gasteiger partial charge in [0.25, 0.3) is 5.91 Å². The molecule has 0 spiro atoms. The predicted octanol–water partition coefficient (Wildman–Crippen LogP) is 2.76. The zero-order chi connectivity index (χ0) is 17.3. The number of carbonyl (C=O) groups excluding carboxylic acids is 1. The Balaban J connectivity index is 1.74. The first-order valence-electron chi connectivity index (χ1n) is 6.77. The normalized spacial score (nSPS) is 10.8. The lowest BCUT2D eigenvalue weighted by molar-refractivity contribution is 0.102. The minimum Gasteiger partial charge on any atom is -0.288 e. The van der Waals surface area contributed by atoms with Crippen LogP contribution in [-0.4, -0.2) is 30.5 Å². The molecule has 0 saturated heterocycles. The second kappa shape index (κ2) is 6.58. The summed E-state index contributed by atoms with van der Waals surface area (Å²) >= 11 is 11.9. The van der Waals surface area contributed by atoms with E-state index in [1.165, 1.54) is 34.0 Å². The van der Waals surface area contributed by atoms with E-state index >= 15 is 0 Å². The summed E-state index contributed by atoms with van der Waals surface area (Å²) in [7, 11) is 1.65. The average molecular weight is 369 g/mol. The van der Waals surface area contributed by atoms with E-state index in [9.17, 15) is 9.18 Å². The number of hydrogen-bond donors (Lipinski definition) is 1. The van der Waals surface area contributed by atoms with Gasteiger partial charge in [-0.3, -0.25) is 14.8 Å². The predicted molar refractivity (Wildman–Crippen MR) is 86.7 cm³/mol. The molecule has 0 unspecified atom stereocenters. The Morgan fingerprint density at radius 1 is 1.29 bits per heavy atom. The van der Waals surface area contributed by atoms with Gasteiger partial charge in [0.2, 0.25) is 5.95 Å². The molecule has 2 aromatic heterocycles. The highest BCUT2D eigenvalue weighted by Gasteiger charge is 2.17. The lowest BCUT2D eigenvalue weighted by atomic mass is 10.2. The third kappa shape index (κ3) is 3.39. The molecular formula is C14H11Cl2FN6O. The average Bonchev–Trinajstić information content (AvgIpc) is 3.09. The summed E-state index contributed by atoms with van der Waals surface area (Å²) in [6, 6.07) is 4.41. The van der Waals surface area contributed by atoms with Crippen molar-refractivity contribution in [3.05, 3.63) is 57.8 Å². The van der Waals surface area contributed by atoms with Crippen molar-refractivity contribution < 1.29 is 9.18 Å². The Bertz CT molecular complexity index is 886. The van der Waals surface area contributed by atoms with Gasteiger partial charge in [-0.1, -0.05) is 29.3 Å². The number of rotatable bonds is 4. The molecule has 3 rings (SSSR count). The van der Waals surface area contributed by atoms with Gasteiger partial charge in [0.1, 0.15) is 12.1 Å². The van der Waals surface area contributed by atoms with Crippen molar-refractivity contribution in [1.29, 1.82) is 0 Å². The number of halogens is 3. The van der Waals surface area contributed by atoms with E-state index in [0.717, 1.165) is 0 Å². The number of nitrogens with one attached hydrogen (secondary N) is 1. The van der Waals surface area contributed by atoms with Gasteiger partial charge in [-0.05, 0) is 12.1 Å². The molecule has 0 atom stereocenters. The lowest BCUT2D eigenvalue weighted by Crippen LogP contribution is -2.15. The molecule has 10 heteroatoms. The zero-order valence-electron chi connectivity index (χ0n) is 12.4. The summed E-state index contributed by atoms with van der Waals surface area (Å²) < 4.78 is 16.6. The Kier molecular flexibility index (Phi) is 4.50. The minimum atomic E-state index is -0.540. The molecule has 0 radical (unpaired) electrons. The van der Waals surface area contributed by atoms with Crippen molar-refractivity contribution >= 4 is 35.1 Å². The molecule has 1 amide bonds. The van der Waals surface area contributed by atoms with Crippen LogP contribution < -0.4 is 5.32 Å². The van der Waals surface area contributed by atoms with Crippen molar-refractivity contribution in [2.24, 2.45) is 7.05 Å². The molecule has 2 heterocycles. The molecule has 0 aliphatic heterocycles.